The third kappa shape index (κ3) is 3.67. The van der Waals surface area contributed by atoms with Crippen molar-refractivity contribution in [3.8, 4) is 11.5 Å². The Kier molecular flexibility index (Phi) is 4.96. The zero-order chi connectivity index (χ0) is 20.5. The van der Waals surface area contributed by atoms with E-state index in [2.05, 4.69) is 20.4 Å². The molecule has 3 N–H and O–H groups in total. The summed E-state index contributed by atoms with van der Waals surface area (Å²) in [7, 11) is 0. The van der Waals surface area contributed by atoms with E-state index < -0.39 is 0 Å². The van der Waals surface area contributed by atoms with Gasteiger partial charge in [-0.3, -0.25) is 4.79 Å². The van der Waals surface area contributed by atoms with Crippen LogP contribution in [0.3, 0.4) is 0 Å². The summed E-state index contributed by atoms with van der Waals surface area (Å²) >= 11 is 0. The van der Waals surface area contributed by atoms with Crippen molar-refractivity contribution in [3.05, 3.63) is 40.7 Å². The number of nitrogens with two attached hydrogens (primary N) is 1. The maximum atomic E-state index is 12.8. The average molecular weight is 396 g/mol. The van der Waals surface area contributed by atoms with E-state index in [-0.39, 0.29) is 24.3 Å². The van der Waals surface area contributed by atoms with Crippen LogP contribution in [0, 0.1) is 13.8 Å². The Balaban J connectivity index is 1.53. The third-order valence-electron chi connectivity index (χ3n) is 5.11. The summed E-state index contributed by atoms with van der Waals surface area (Å²) in [5.41, 5.74) is 9.02. The van der Waals surface area contributed by atoms with Crippen LogP contribution in [-0.2, 0) is 11.2 Å². The van der Waals surface area contributed by atoms with Crippen LogP contribution in [0.2, 0.25) is 0 Å². The maximum Gasteiger partial charge on any atom is 0.254 e. The second-order valence-corrected chi connectivity index (χ2v) is 7.05. The Morgan fingerprint density at radius 3 is 2.76 bits per heavy atom. The van der Waals surface area contributed by atoms with E-state index in [1.54, 1.807) is 4.52 Å². The van der Waals surface area contributed by atoms with Crippen molar-refractivity contribution in [3.63, 3.8) is 0 Å². The molecular formula is C20H24N6O3. The lowest BCUT2D eigenvalue weighted by atomic mass is 10.0. The molecule has 0 spiro atoms. The van der Waals surface area contributed by atoms with Crippen molar-refractivity contribution >= 4 is 17.6 Å². The summed E-state index contributed by atoms with van der Waals surface area (Å²) in [6.45, 7) is 6.86. The Morgan fingerprint density at radius 2 is 2.00 bits per heavy atom. The number of carbonyl (C=O) groups excluding carboxylic acids is 1. The number of rotatable bonds is 5. The summed E-state index contributed by atoms with van der Waals surface area (Å²) in [6, 6.07) is 5.66. The van der Waals surface area contributed by atoms with Gasteiger partial charge in [-0.25, -0.2) is 4.98 Å². The largest absolute Gasteiger partial charge is 0.486 e. The number of fused-ring (bicyclic) bond motifs is 2. The van der Waals surface area contributed by atoms with Gasteiger partial charge in [0.15, 0.2) is 11.5 Å². The third-order valence-corrected chi connectivity index (χ3v) is 5.11. The Hall–Kier alpha value is -3.36. The first kappa shape index (κ1) is 19.0. The quantitative estimate of drug-likeness (QED) is 0.676. The molecule has 0 aliphatic carbocycles. The number of amides is 1. The molecule has 9 heteroatoms. The van der Waals surface area contributed by atoms with Crippen molar-refractivity contribution in [2.75, 3.05) is 18.9 Å². The first-order valence-corrected chi connectivity index (χ1v) is 9.63. The van der Waals surface area contributed by atoms with E-state index in [0.717, 1.165) is 34.7 Å². The molecule has 1 aliphatic heterocycles. The zero-order valence-electron chi connectivity index (χ0n) is 16.7. The van der Waals surface area contributed by atoms with E-state index in [4.69, 9.17) is 15.2 Å². The van der Waals surface area contributed by atoms with Crippen LogP contribution in [0.15, 0.2) is 18.2 Å². The number of nitrogens with one attached hydrogen (secondary N) is 1. The van der Waals surface area contributed by atoms with Crippen molar-refractivity contribution in [1.29, 1.82) is 0 Å². The first-order valence-electron chi connectivity index (χ1n) is 9.63. The summed E-state index contributed by atoms with van der Waals surface area (Å²) in [4.78, 5) is 21.3. The normalized spacial score (nSPS) is 14.0. The fraction of sp³-hybridized carbons (Fsp3) is 0.400. The van der Waals surface area contributed by atoms with E-state index in [9.17, 15) is 4.79 Å². The molecule has 0 saturated heterocycles. The highest BCUT2D eigenvalue weighted by molar-refractivity contribution is 5.79. The lowest BCUT2D eigenvalue weighted by Crippen LogP contribution is -2.30. The van der Waals surface area contributed by atoms with Gasteiger partial charge in [0.25, 0.3) is 5.78 Å². The number of hydrogen-bond acceptors (Lipinski definition) is 7. The van der Waals surface area contributed by atoms with Gasteiger partial charge in [0.2, 0.25) is 11.9 Å². The van der Waals surface area contributed by atoms with Crippen LogP contribution in [0.4, 0.5) is 5.95 Å². The molecule has 1 atom stereocenters. The number of anilines is 1. The van der Waals surface area contributed by atoms with Gasteiger partial charge in [0.05, 0.1) is 12.5 Å². The highest BCUT2D eigenvalue weighted by Crippen LogP contribution is 2.33. The van der Waals surface area contributed by atoms with Crippen molar-refractivity contribution in [2.24, 2.45) is 0 Å². The van der Waals surface area contributed by atoms with Gasteiger partial charge in [-0.2, -0.15) is 9.50 Å². The van der Waals surface area contributed by atoms with Gasteiger partial charge in [-0.15, -0.1) is 5.10 Å². The van der Waals surface area contributed by atoms with Crippen LogP contribution in [0.25, 0.3) is 5.78 Å². The SMILES string of the molecule is CCC(NC(=O)Cc1c(C)nc2nc(N)nn2c1C)c1ccc2c(c1)OCCO2. The fourth-order valence-electron chi connectivity index (χ4n) is 3.58. The van der Waals surface area contributed by atoms with Crippen molar-refractivity contribution in [2.45, 2.75) is 39.7 Å². The molecule has 2 aromatic heterocycles. The number of carbonyl (C=O) groups is 1. The van der Waals surface area contributed by atoms with Gasteiger partial charge in [-0.05, 0) is 38.0 Å². The molecule has 29 heavy (non-hydrogen) atoms. The van der Waals surface area contributed by atoms with E-state index in [1.807, 2.05) is 39.0 Å². The molecular weight excluding hydrogens is 372 g/mol. The van der Waals surface area contributed by atoms with Gasteiger partial charge in [-0.1, -0.05) is 13.0 Å². The Bertz CT molecular complexity index is 1080. The smallest absolute Gasteiger partial charge is 0.254 e. The average Bonchev–Trinajstić information content (AvgIpc) is 3.09. The topological polar surface area (TPSA) is 117 Å². The molecule has 1 aliphatic rings. The summed E-state index contributed by atoms with van der Waals surface area (Å²) in [5, 5.41) is 7.26. The molecule has 152 valence electrons. The van der Waals surface area contributed by atoms with Crippen LogP contribution < -0.4 is 20.5 Å². The highest BCUT2D eigenvalue weighted by atomic mass is 16.6. The number of ether oxygens (including phenoxy) is 2. The standard InChI is InChI=1S/C20H24N6O3/c1-4-15(13-5-6-16-17(9-13)29-8-7-28-16)23-18(27)10-14-11(2)22-20-24-19(21)25-26(20)12(14)3/h5-6,9,15H,4,7-8,10H2,1-3H3,(H2,21,25)(H,23,27). The maximum absolute atomic E-state index is 12.8. The van der Waals surface area contributed by atoms with Gasteiger partial charge < -0.3 is 20.5 Å². The fourth-order valence-corrected chi connectivity index (χ4v) is 3.58. The minimum absolute atomic E-state index is 0.0906. The molecule has 0 bridgehead atoms. The van der Waals surface area contributed by atoms with E-state index in [1.165, 1.54) is 0 Å². The minimum atomic E-state index is -0.127. The van der Waals surface area contributed by atoms with Crippen LogP contribution in [-0.4, -0.2) is 38.7 Å². The van der Waals surface area contributed by atoms with Gasteiger partial charge >= 0.3 is 0 Å². The number of aryl methyl sites for hydroxylation is 2. The van der Waals surface area contributed by atoms with Crippen molar-refractivity contribution < 1.29 is 14.3 Å². The predicted molar refractivity (Wildman–Crippen MR) is 107 cm³/mol. The molecule has 4 rings (SSSR count). The van der Waals surface area contributed by atoms with E-state index >= 15 is 0 Å². The number of aromatic nitrogens is 4. The molecule has 9 nitrogen and oxygen atoms in total. The molecule has 1 amide bonds. The predicted octanol–water partition coefficient (Wildman–Crippen LogP) is 1.90. The molecule has 3 heterocycles. The number of hydrogen-bond donors (Lipinski definition) is 2. The van der Waals surface area contributed by atoms with Crippen LogP contribution >= 0.6 is 0 Å². The molecule has 1 unspecified atom stereocenters. The Labute approximate surface area is 168 Å². The summed E-state index contributed by atoms with van der Waals surface area (Å²) in [5.74, 6) is 1.95. The van der Waals surface area contributed by atoms with E-state index in [0.29, 0.717) is 24.7 Å². The molecule has 0 radical (unpaired) electrons. The number of nitrogens with zero attached hydrogens (tertiary/aromatic N) is 4. The molecule has 1 aromatic carbocycles. The lowest BCUT2D eigenvalue weighted by Gasteiger charge is -2.22. The minimum Gasteiger partial charge on any atom is -0.486 e. The first-order chi connectivity index (χ1) is 14.0. The zero-order valence-corrected chi connectivity index (χ0v) is 16.7. The lowest BCUT2D eigenvalue weighted by molar-refractivity contribution is -0.121. The highest BCUT2D eigenvalue weighted by Gasteiger charge is 2.20. The van der Waals surface area contributed by atoms with Crippen molar-refractivity contribution in [1.82, 2.24) is 24.9 Å². The van der Waals surface area contributed by atoms with Crippen LogP contribution in [0.5, 0.6) is 11.5 Å². The second kappa shape index (κ2) is 7.57. The molecule has 3 aromatic rings. The second-order valence-electron chi connectivity index (χ2n) is 7.05. The molecule has 0 fully saturated rings. The monoisotopic (exact) mass is 396 g/mol. The van der Waals surface area contributed by atoms with Crippen LogP contribution in [0.1, 0.15) is 41.9 Å². The number of benzene rings is 1. The molecule has 0 saturated carbocycles. The van der Waals surface area contributed by atoms with Gasteiger partial charge in [0.1, 0.15) is 13.2 Å². The summed E-state index contributed by atoms with van der Waals surface area (Å²) in [6.07, 6.45) is 0.946. The van der Waals surface area contributed by atoms with Gasteiger partial charge in [0, 0.05) is 17.0 Å². The number of nitrogen functional groups attached to an aromatic ring is 1. The Morgan fingerprint density at radius 1 is 1.24 bits per heavy atom. The summed E-state index contributed by atoms with van der Waals surface area (Å²) < 4.78 is 12.8.